The predicted octanol–water partition coefficient (Wildman–Crippen LogP) is 5.59. The quantitative estimate of drug-likeness (QED) is 0.602. The molecule has 0 spiro atoms. The Hall–Kier alpha value is -1.71. The number of aromatic amines is 1. The van der Waals surface area contributed by atoms with Crippen LogP contribution < -0.4 is 5.32 Å². The Balaban J connectivity index is 2.05. The minimum Gasteiger partial charge on any atom is -0.384 e. The second-order valence-electron chi connectivity index (χ2n) is 5.38. The molecule has 0 fully saturated rings. The van der Waals surface area contributed by atoms with Crippen molar-refractivity contribution in [2.75, 3.05) is 6.54 Å². The van der Waals surface area contributed by atoms with E-state index in [-0.39, 0.29) is 0 Å². The Labute approximate surface area is 142 Å². The molecule has 1 aliphatic rings. The van der Waals surface area contributed by atoms with Crippen LogP contribution in [0.5, 0.6) is 0 Å². The van der Waals surface area contributed by atoms with Crippen LogP contribution in [0.25, 0.3) is 27.9 Å². The number of H-pyrrole nitrogens is 1. The molecule has 0 radical (unpaired) electrons. The third-order valence-corrected chi connectivity index (χ3v) is 4.91. The summed E-state index contributed by atoms with van der Waals surface area (Å²) in [5, 5.41) is 5.39. The molecular weight excluding hydrogens is 360 g/mol. The summed E-state index contributed by atoms with van der Waals surface area (Å²) in [5.41, 5.74) is 5.74. The van der Waals surface area contributed by atoms with Gasteiger partial charge in [0.1, 0.15) is 0 Å². The van der Waals surface area contributed by atoms with Crippen molar-refractivity contribution < 1.29 is 0 Å². The number of halogens is 2. The molecule has 1 aromatic heterocycles. The monoisotopic (exact) mass is 372 g/mol. The summed E-state index contributed by atoms with van der Waals surface area (Å²) in [4.78, 5) is 3.56. The normalized spacial score (nSPS) is 14.2. The van der Waals surface area contributed by atoms with E-state index in [0.29, 0.717) is 0 Å². The van der Waals surface area contributed by atoms with Gasteiger partial charge in [-0.25, -0.2) is 0 Å². The molecule has 110 valence electrons. The molecule has 0 aliphatic carbocycles. The van der Waals surface area contributed by atoms with E-state index in [1.54, 1.807) is 0 Å². The number of benzene rings is 2. The molecule has 0 amide bonds. The van der Waals surface area contributed by atoms with E-state index in [2.05, 4.69) is 50.5 Å². The molecule has 4 rings (SSSR count). The Morgan fingerprint density at radius 1 is 1.09 bits per heavy atom. The Bertz CT molecular complexity index is 895. The van der Waals surface area contributed by atoms with Gasteiger partial charge in [0.2, 0.25) is 0 Å². The van der Waals surface area contributed by atoms with Gasteiger partial charge in [-0.15, -0.1) is 0 Å². The van der Waals surface area contributed by atoms with Gasteiger partial charge in [-0.2, -0.15) is 0 Å². The fraction of sp³-hybridized carbons (Fsp3) is 0.111. The van der Waals surface area contributed by atoms with E-state index in [4.69, 9.17) is 11.6 Å². The molecule has 0 atom stereocenters. The van der Waals surface area contributed by atoms with Crippen molar-refractivity contribution in [3.63, 3.8) is 0 Å². The summed E-state index contributed by atoms with van der Waals surface area (Å²) in [7, 11) is 0. The molecule has 4 heteroatoms. The molecule has 0 unspecified atom stereocenters. The number of rotatable bonds is 2. The Morgan fingerprint density at radius 2 is 1.95 bits per heavy atom. The van der Waals surface area contributed by atoms with Crippen molar-refractivity contribution in [1.82, 2.24) is 10.3 Å². The summed E-state index contributed by atoms with van der Waals surface area (Å²) < 4.78 is 1.08. The molecule has 2 N–H and O–H groups in total. The van der Waals surface area contributed by atoms with Gasteiger partial charge in [0.15, 0.2) is 0 Å². The fourth-order valence-electron chi connectivity index (χ4n) is 3.00. The highest BCUT2D eigenvalue weighted by molar-refractivity contribution is 9.10. The first kappa shape index (κ1) is 13.9. The van der Waals surface area contributed by atoms with Crippen LogP contribution in [-0.2, 0) is 0 Å². The summed E-state index contributed by atoms with van der Waals surface area (Å²) in [6.07, 6.45) is 3.31. The lowest BCUT2D eigenvalue weighted by atomic mass is 10.0. The van der Waals surface area contributed by atoms with Crippen molar-refractivity contribution in [2.45, 2.75) is 6.42 Å². The van der Waals surface area contributed by atoms with Crippen molar-refractivity contribution in [2.24, 2.45) is 0 Å². The summed E-state index contributed by atoms with van der Waals surface area (Å²) in [6.45, 7) is 0.984. The second-order valence-corrected chi connectivity index (χ2v) is 6.67. The highest BCUT2D eigenvalue weighted by atomic mass is 79.9. The molecule has 2 nitrogen and oxygen atoms in total. The number of fused-ring (bicyclic) bond motifs is 1. The summed E-state index contributed by atoms with van der Waals surface area (Å²) in [5.74, 6) is 0. The van der Waals surface area contributed by atoms with E-state index in [1.165, 1.54) is 11.3 Å². The highest BCUT2D eigenvalue weighted by Crippen LogP contribution is 2.39. The first-order valence-electron chi connectivity index (χ1n) is 7.24. The lowest BCUT2D eigenvalue weighted by Gasteiger charge is -2.09. The van der Waals surface area contributed by atoms with E-state index >= 15 is 0 Å². The van der Waals surface area contributed by atoms with Crippen LogP contribution in [-0.4, -0.2) is 11.5 Å². The van der Waals surface area contributed by atoms with Crippen LogP contribution in [0.4, 0.5) is 0 Å². The number of hydrogen-bond donors (Lipinski definition) is 2. The molecule has 0 bridgehead atoms. The highest BCUT2D eigenvalue weighted by Gasteiger charge is 2.19. The third-order valence-electron chi connectivity index (χ3n) is 3.98. The van der Waals surface area contributed by atoms with Gasteiger partial charge >= 0.3 is 0 Å². The Morgan fingerprint density at radius 3 is 2.73 bits per heavy atom. The van der Waals surface area contributed by atoms with Gasteiger partial charge in [-0.1, -0.05) is 51.8 Å². The number of aromatic nitrogens is 1. The zero-order chi connectivity index (χ0) is 15.1. The molecule has 22 heavy (non-hydrogen) atoms. The first-order chi connectivity index (χ1) is 10.7. The minimum absolute atomic E-state index is 0.755. The van der Waals surface area contributed by atoms with Crippen LogP contribution in [0.3, 0.4) is 0 Å². The number of hydrogen-bond acceptors (Lipinski definition) is 1. The minimum atomic E-state index is 0.755. The Kier molecular flexibility index (Phi) is 3.47. The fourth-order valence-corrected chi connectivity index (χ4v) is 3.65. The van der Waals surface area contributed by atoms with E-state index in [9.17, 15) is 0 Å². The molecule has 2 heterocycles. The number of nitrogens with one attached hydrogen (secondary N) is 2. The largest absolute Gasteiger partial charge is 0.384 e. The van der Waals surface area contributed by atoms with Crippen molar-refractivity contribution >= 4 is 44.1 Å². The molecule has 2 aromatic carbocycles. The van der Waals surface area contributed by atoms with Crippen LogP contribution in [0.2, 0.25) is 5.02 Å². The lowest BCUT2D eigenvalue weighted by Crippen LogP contribution is -2.06. The van der Waals surface area contributed by atoms with Gasteiger partial charge in [0.05, 0.1) is 5.69 Å². The van der Waals surface area contributed by atoms with Gasteiger partial charge < -0.3 is 10.3 Å². The average molecular weight is 374 g/mol. The van der Waals surface area contributed by atoms with Crippen LogP contribution in [0, 0.1) is 0 Å². The molecule has 0 saturated carbocycles. The SMILES string of the molecule is Clc1ccc2[nH]c(-c3ccccc3Br)c(C3=CCCN3)c2c1. The average Bonchev–Trinajstić information content (AvgIpc) is 3.14. The molecule has 3 aromatic rings. The van der Waals surface area contributed by atoms with Crippen molar-refractivity contribution in [3.05, 3.63) is 63.6 Å². The van der Waals surface area contributed by atoms with Gasteiger partial charge in [-0.3, -0.25) is 0 Å². The molecule has 0 saturated heterocycles. The zero-order valence-electron chi connectivity index (χ0n) is 11.8. The molecule has 1 aliphatic heterocycles. The third kappa shape index (κ3) is 2.25. The van der Waals surface area contributed by atoms with Gasteiger partial charge in [0, 0.05) is 43.8 Å². The van der Waals surface area contributed by atoms with Crippen molar-refractivity contribution in [3.8, 4) is 11.3 Å². The second kappa shape index (κ2) is 5.49. The maximum atomic E-state index is 6.22. The van der Waals surface area contributed by atoms with Crippen LogP contribution in [0.1, 0.15) is 12.0 Å². The van der Waals surface area contributed by atoms with E-state index < -0.39 is 0 Å². The van der Waals surface area contributed by atoms with E-state index in [1.807, 2.05) is 24.3 Å². The van der Waals surface area contributed by atoms with Gasteiger partial charge in [0.25, 0.3) is 0 Å². The van der Waals surface area contributed by atoms with E-state index in [0.717, 1.165) is 44.6 Å². The summed E-state index contributed by atoms with van der Waals surface area (Å²) in [6, 6.07) is 14.3. The topological polar surface area (TPSA) is 27.8 Å². The van der Waals surface area contributed by atoms with Crippen LogP contribution in [0.15, 0.2) is 53.0 Å². The molecular formula is C18H14BrClN2. The zero-order valence-corrected chi connectivity index (χ0v) is 14.1. The smallest absolute Gasteiger partial charge is 0.0570 e. The maximum absolute atomic E-state index is 6.22. The van der Waals surface area contributed by atoms with Crippen molar-refractivity contribution in [1.29, 1.82) is 0 Å². The standard InChI is InChI=1S/C18H14BrClN2/c19-14-5-2-1-4-12(14)18-17(16-6-3-9-21-16)13-10-11(20)7-8-15(13)22-18/h1-2,4-8,10,21-22H,3,9H2. The maximum Gasteiger partial charge on any atom is 0.0570 e. The lowest BCUT2D eigenvalue weighted by molar-refractivity contribution is 0.929. The van der Waals surface area contributed by atoms with Crippen LogP contribution >= 0.6 is 27.5 Å². The van der Waals surface area contributed by atoms with Gasteiger partial charge in [-0.05, 0) is 30.7 Å². The first-order valence-corrected chi connectivity index (χ1v) is 8.41. The predicted molar refractivity (Wildman–Crippen MR) is 97.0 cm³/mol. The summed E-state index contributed by atoms with van der Waals surface area (Å²) >= 11 is 9.88.